The number of carboxylic acid groups (broad SMARTS) is 1. The van der Waals surface area contributed by atoms with Crippen molar-refractivity contribution in [3.63, 3.8) is 0 Å². The molecule has 39 nitrogen and oxygen atoms in total. The van der Waals surface area contributed by atoms with Gasteiger partial charge in [-0.15, -0.1) is 0 Å². The van der Waals surface area contributed by atoms with Crippen LogP contribution < -0.4 is 30.1 Å². The molecule has 9 heterocycles. The molecule has 12 rings (SSSR count). The molecule has 0 spiro atoms. The van der Waals surface area contributed by atoms with Gasteiger partial charge in [0.15, 0.2) is 45.4 Å². The van der Waals surface area contributed by atoms with Gasteiger partial charge in [-0.3, -0.25) is 29.1 Å². The van der Waals surface area contributed by atoms with Gasteiger partial charge in [0.25, 0.3) is 0 Å². The van der Waals surface area contributed by atoms with E-state index in [9.17, 15) is 57.8 Å². The topological polar surface area (TPSA) is 568 Å². The number of ether oxygens (including phenoxy) is 5. The zero-order valence-electron chi connectivity index (χ0n) is 92.4. The van der Waals surface area contributed by atoms with Crippen LogP contribution in [0.1, 0.15) is 328 Å². The van der Waals surface area contributed by atoms with E-state index in [0.29, 0.717) is 83.6 Å². The summed E-state index contributed by atoms with van der Waals surface area (Å²) in [7, 11) is -1.35. The van der Waals surface area contributed by atoms with Gasteiger partial charge in [-0.25, -0.2) is 66.8 Å². The number of Topliss-reactive ketones (excluding diaryl/α,β-unsaturated/α-hetero) is 5. The number of ketones is 5. The Balaban J connectivity index is 0. The molecule has 0 unspecified atom stereocenters. The number of fused-ring (bicyclic) bond motifs is 4. The molecule has 9 aromatic heterocycles. The summed E-state index contributed by atoms with van der Waals surface area (Å²) in [4.78, 5) is 172. The number of esters is 5. The Kier molecular flexibility index (Phi) is 63.1. The van der Waals surface area contributed by atoms with Crippen LogP contribution in [0.2, 0.25) is 0 Å². The number of nitrogens with zero attached hydrogens (tertiary/aromatic N) is 13. The number of anilines is 1. The molecule has 3 aromatic carbocycles. The number of rotatable bonds is 25. The summed E-state index contributed by atoms with van der Waals surface area (Å²) < 4.78 is 31.9. The molecule has 0 saturated heterocycles. The quantitative estimate of drug-likeness (QED) is 0.0117. The summed E-state index contributed by atoms with van der Waals surface area (Å²) >= 11 is 3.46. The van der Waals surface area contributed by atoms with Crippen molar-refractivity contribution in [1.29, 1.82) is 0 Å². The van der Waals surface area contributed by atoms with Crippen LogP contribution in [0, 0.1) is 93.9 Å². The summed E-state index contributed by atoms with van der Waals surface area (Å²) in [5.41, 5.74) is 28.2. The summed E-state index contributed by atoms with van der Waals surface area (Å²) in [6.07, 6.45) is 1.68. The van der Waals surface area contributed by atoms with Crippen LogP contribution in [-0.2, 0) is 76.4 Å². The standard InChI is InChI=1S/C21H25N3O2.C19H21N3O2.C13H16BrN3O2.C13H17N3O2.C8H11BO2.2C8H14O2.C6H10O4.C5H10O.C4H7N3.2CO2.Li.H2O/c1-7-26-21(25)16-11-17(12(2)3)24-20(22-16)19(15(6)23-24)18-13(4)9-8-10-14(18)5;1-10(2)15-9-14(19(23)24)20-18-17(13(5)21-22(15)18)16-11(3)7-6-8-12(16)4;1-5-19-13(18)9-6-10(7(2)3)17-12(15-9)11(14)8(4)16-17;1-5-18-13(17)10-7-11(8(2)3)16-12(14-10)6-9(4)15-16;1-6-4-3-5-7(2)8(6)9(10)11;2*1-4-7(9)5-8(10)6(2)3;1-3-9-5(7)6(8)10-4-2;1-4(2)5(3)6;1-3-2-4(5)7-6-3;2*2-1-3;;/h8-12H,7H2,1-6H3;6-10H,1-5H3,(H,23,24);6-7H,5H2,1-4H3;6-8H,5H2,1-4H3;3-5,10-11H,1-2H3;2*6H,4-5H2,1-3H3;3-4H2,1-2H3;4H,1-3H3;2H,1H3,(H3,5,6,7);;;;1H2/q;;;;;;;;;;;;+1;/p-1. The molecule has 0 atom stereocenters. The molecule has 0 aliphatic heterocycles. The van der Waals surface area contributed by atoms with Crippen LogP contribution >= 0.6 is 15.9 Å². The molecule has 7 N–H and O–H groups in total. The number of hydrogen-bond acceptors (Lipinski definition) is 33. The van der Waals surface area contributed by atoms with Gasteiger partial charge in [-0.1, -0.05) is 177 Å². The first-order valence-corrected chi connectivity index (χ1v) is 48.9. The number of carbonyl (C=O) groups is 11. The third-order valence-electron chi connectivity index (χ3n) is 21.3. The Morgan fingerprint density at radius 1 is 0.416 bits per heavy atom. The molecule has 0 fully saturated rings. The summed E-state index contributed by atoms with van der Waals surface area (Å²) in [5.74, 6) is -2.06. The Morgan fingerprint density at radius 2 is 0.711 bits per heavy atom. The smallest absolute Gasteiger partial charge is 0.870 e. The molecular formula is C107H146BBrLiN15O24. The van der Waals surface area contributed by atoms with Gasteiger partial charge in [-0.2, -0.15) is 44.7 Å². The summed E-state index contributed by atoms with van der Waals surface area (Å²) in [5, 5.41) is 51.9. The van der Waals surface area contributed by atoms with Crippen LogP contribution in [0.25, 0.3) is 44.8 Å². The van der Waals surface area contributed by atoms with Gasteiger partial charge in [0, 0.05) is 71.2 Å². The predicted molar refractivity (Wildman–Crippen MR) is 563 cm³/mol. The first-order valence-electron chi connectivity index (χ1n) is 48.1. The summed E-state index contributed by atoms with van der Waals surface area (Å²) in [6, 6.07) is 28.5. The van der Waals surface area contributed by atoms with Gasteiger partial charge in [0.2, 0.25) is 0 Å². The SMILES string of the molecule is CC(=O)C(C)C.CCC(=O)CC(=O)C(C)C.CCC(=O)CC(=O)C(C)C.CCOC(=O)C(=O)OCC.CCOC(=O)c1cc(C(C)C)n2nc(C)c(-c3c(C)cccc3C)c2n1.CCOC(=O)c1cc(C(C)C)n2nc(C)c(Br)c2n1.CCOC(=O)c1cc(C(C)C)n2nc(C)cc2n1.Cc1cc(N)n[nH]1.Cc1cccc(C)c1-c1c(C)nn2c(C(C)C)cc(C(=O)O)nc12.Cc1cccc(C)c1B(O)O.O=C=O.O=C=O.[Li+].[OH-]. The van der Waals surface area contributed by atoms with Gasteiger partial charge in [0.1, 0.15) is 34.7 Å². The number of halogens is 1. The van der Waals surface area contributed by atoms with E-state index >= 15 is 0 Å². The molecule has 804 valence electrons. The van der Waals surface area contributed by atoms with Crippen LogP contribution in [0.3, 0.4) is 0 Å². The number of aromatic nitrogens is 14. The van der Waals surface area contributed by atoms with Gasteiger partial charge >= 0.3 is 74.1 Å². The van der Waals surface area contributed by atoms with E-state index < -0.39 is 37.0 Å². The maximum atomic E-state index is 12.3. The van der Waals surface area contributed by atoms with E-state index in [1.165, 1.54) is 0 Å². The molecule has 0 aliphatic carbocycles. The van der Waals surface area contributed by atoms with Crippen molar-refractivity contribution in [2.24, 2.45) is 17.8 Å². The number of aromatic amines is 1. The number of hydrogen-bond donors (Lipinski definition) is 5. The second kappa shape index (κ2) is 68.6. The average Bonchev–Trinajstić information content (AvgIpc) is 1.61. The zero-order valence-corrected chi connectivity index (χ0v) is 94.0. The van der Waals surface area contributed by atoms with Crippen molar-refractivity contribution in [2.45, 2.75) is 278 Å². The Bertz CT molecular complexity index is 6400. The molecule has 0 saturated carbocycles. The maximum Gasteiger partial charge on any atom is 1.00 e. The number of aromatic carboxylic acids is 1. The summed E-state index contributed by atoms with van der Waals surface area (Å²) in [6.45, 7) is 64.2. The fraction of sp³-hybridized carbons (Fsp3) is 0.458. The first-order chi connectivity index (χ1) is 68.9. The van der Waals surface area contributed by atoms with E-state index in [1.54, 1.807) is 99.3 Å². The molecule has 0 aliphatic rings. The largest absolute Gasteiger partial charge is 1.00 e. The van der Waals surface area contributed by atoms with Gasteiger partial charge in [-0.05, 0) is 220 Å². The van der Waals surface area contributed by atoms with E-state index in [-0.39, 0.29) is 145 Å². The fourth-order valence-electron chi connectivity index (χ4n) is 13.3. The monoisotopic (exact) mass is 2120 g/mol. The second-order valence-electron chi connectivity index (χ2n) is 35.4. The normalized spacial score (nSPS) is 10.2. The third kappa shape index (κ3) is 43.4. The van der Waals surface area contributed by atoms with E-state index in [4.69, 9.17) is 54.3 Å². The number of nitrogens with two attached hydrogens (primary N) is 1. The van der Waals surface area contributed by atoms with Crippen molar-refractivity contribution in [3.05, 3.63) is 203 Å². The first kappa shape index (κ1) is 137. The minimum atomic E-state index is -1.35. The van der Waals surface area contributed by atoms with Crippen LogP contribution in [0.15, 0.2) is 95.5 Å². The number of nitrogens with one attached hydrogen (secondary N) is 1. The second-order valence-corrected chi connectivity index (χ2v) is 36.2. The Morgan fingerprint density at radius 3 is 0.980 bits per heavy atom. The molecule has 42 heteroatoms. The van der Waals surface area contributed by atoms with E-state index in [2.05, 4.69) is 164 Å². The fourth-order valence-corrected chi connectivity index (χ4v) is 13.6. The number of benzene rings is 3. The average molecular weight is 2120 g/mol. The number of H-pyrrole nitrogens is 1. The van der Waals surface area contributed by atoms with E-state index in [0.717, 1.165) is 111 Å². The molecule has 12 aromatic rings. The van der Waals surface area contributed by atoms with Crippen molar-refractivity contribution < 1.29 is 135 Å². The van der Waals surface area contributed by atoms with Crippen molar-refractivity contribution in [1.82, 2.24) is 68.6 Å². The van der Waals surface area contributed by atoms with Crippen LogP contribution in [0.5, 0.6) is 0 Å². The van der Waals surface area contributed by atoms with E-state index in [1.807, 2.05) is 145 Å². The van der Waals surface area contributed by atoms with Crippen molar-refractivity contribution >= 4 is 134 Å². The number of aryl methyl sites for hydroxylation is 11. The Labute approximate surface area is 891 Å². The number of nitrogen functional groups attached to an aromatic ring is 1. The van der Waals surface area contributed by atoms with Crippen LogP contribution in [0.4, 0.5) is 5.82 Å². The molecule has 149 heavy (non-hydrogen) atoms. The molecular weight excluding hydrogens is 1980 g/mol. The minimum absolute atomic E-state index is 0. The third-order valence-corrected chi connectivity index (χ3v) is 22.2. The van der Waals surface area contributed by atoms with Gasteiger partial charge in [0.05, 0.1) is 84.3 Å². The number of carboxylic acids is 1. The molecule has 0 bridgehead atoms. The molecule has 0 amide bonds. The minimum Gasteiger partial charge on any atom is -0.870 e. The Hall–Kier alpha value is -13.9. The van der Waals surface area contributed by atoms with Crippen LogP contribution in [-0.4, -0.2) is 206 Å². The zero-order chi connectivity index (χ0) is 113. The van der Waals surface area contributed by atoms with Crippen molar-refractivity contribution in [3.8, 4) is 22.3 Å². The number of carbonyl (C=O) groups excluding carboxylic acids is 14. The van der Waals surface area contributed by atoms with Crippen molar-refractivity contribution in [2.75, 3.05) is 38.8 Å². The van der Waals surface area contributed by atoms with Gasteiger partial charge < -0.3 is 50.0 Å². The maximum absolute atomic E-state index is 12.3. The molecule has 0 radical (unpaired) electrons. The predicted octanol–water partition coefficient (Wildman–Crippen LogP) is 14.7.